The minimum atomic E-state index is 0.888. The molecule has 4 aromatic heterocycles. The first-order valence-electron chi connectivity index (χ1n) is 12.2. The lowest BCUT2D eigenvalue weighted by Crippen LogP contribution is -1.81. The number of hydrogen-bond donors (Lipinski definition) is 0. The predicted molar refractivity (Wildman–Crippen MR) is 169 cm³/mol. The van der Waals surface area contributed by atoms with Crippen molar-refractivity contribution in [2.24, 2.45) is 0 Å². The van der Waals surface area contributed by atoms with Gasteiger partial charge in [-0.1, -0.05) is 24.3 Å². The molecule has 0 saturated carbocycles. The van der Waals surface area contributed by atoms with E-state index in [9.17, 15) is 0 Å². The highest BCUT2D eigenvalue weighted by atomic mass is 32.1. The number of benzene rings is 4. The van der Waals surface area contributed by atoms with Crippen molar-refractivity contribution in [1.82, 2.24) is 0 Å². The van der Waals surface area contributed by atoms with Gasteiger partial charge in [0.25, 0.3) is 0 Å². The van der Waals surface area contributed by atoms with Crippen LogP contribution in [0.1, 0.15) is 0 Å². The van der Waals surface area contributed by atoms with Crippen molar-refractivity contribution in [2.45, 2.75) is 0 Å². The van der Waals surface area contributed by atoms with Crippen LogP contribution in [0.3, 0.4) is 0 Å². The van der Waals surface area contributed by atoms with Gasteiger partial charge >= 0.3 is 0 Å². The Morgan fingerprint density at radius 1 is 0.421 bits per heavy atom. The molecule has 0 atom stereocenters. The summed E-state index contributed by atoms with van der Waals surface area (Å²) in [5.41, 5.74) is 2.47. The molecule has 0 amide bonds. The maximum atomic E-state index is 5.34. The lowest BCUT2D eigenvalue weighted by molar-refractivity contribution is 0.415. The van der Waals surface area contributed by atoms with Crippen LogP contribution in [0.4, 0.5) is 0 Å². The topological polar surface area (TPSA) is 18.5 Å². The average molecular weight is 565 g/mol. The fourth-order valence-corrected chi connectivity index (χ4v) is 10.6. The van der Waals surface area contributed by atoms with Crippen LogP contribution in [-0.4, -0.2) is 14.2 Å². The van der Waals surface area contributed by atoms with Crippen LogP contribution < -0.4 is 9.47 Å². The minimum Gasteiger partial charge on any atom is -0.497 e. The first-order chi connectivity index (χ1) is 18.7. The van der Waals surface area contributed by atoms with E-state index in [0.29, 0.717) is 0 Å². The monoisotopic (exact) mass is 564 g/mol. The van der Waals surface area contributed by atoms with Gasteiger partial charge in [-0.2, -0.15) is 0 Å². The molecule has 8 aromatic rings. The van der Waals surface area contributed by atoms with Crippen molar-refractivity contribution in [3.05, 3.63) is 84.9 Å². The first kappa shape index (κ1) is 22.6. The fourth-order valence-electron chi connectivity index (χ4n) is 5.16. The maximum Gasteiger partial charge on any atom is 0.118 e. The molecule has 0 unspecified atom stereocenters. The molecule has 0 aliphatic rings. The van der Waals surface area contributed by atoms with E-state index in [2.05, 4.69) is 60.7 Å². The highest BCUT2D eigenvalue weighted by Gasteiger charge is 2.18. The average Bonchev–Trinajstić information content (AvgIpc) is 3.73. The quantitative estimate of drug-likeness (QED) is 0.212. The van der Waals surface area contributed by atoms with Crippen molar-refractivity contribution in [2.75, 3.05) is 14.2 Å². The molecule has 184 valence electrons. The molecule has 8 rings (SSSR count). The summed E-state index contributed by atoms with van der Waals surface area (Å²) in [5.74, 6) is 1.78. The Bertz CT molecular complexity index is 1980. The van der Waals surface area contributed by atoms with Crippen molar-refractivity contribution >= 4 is 95.1 Å². The standard InChI is InChI=1S/C32H20O2S4/c1-33-21-9-3-17(4-10-21)25-15-19-7-13-23-29(27(19)35-25)37-32-24-14-8-20-16-26(18-5-11-22(34-2)12-6-18)36-28(20)30(24)38-31(23)32/h3-16H,1-2H3. The third-order valence-corrected chi connectivity index (χ3v) is 12.5. The van der Waals surface area contributed by atoms with Crippen LogP contribution in [-0.2, 0) is 0 Å². The Hall–Kier alpha value is -3.42. The molecule has 0 aliphatic carbocycles. The Balaban J connectivity index is 1.28. The van der Waals surface area contributed by atoms with Gasteiger partial charge < -0.3 is 9.47 Å². The van der Waals surface area contributed by atoms with Crippen molar-refractivity contribution < 1.29 is 9.47 Å². The van der Waals surface area contributed by atoms with Crippen LogP contribution in [0.2, 0.25) is 0 Å². The van der Waals surface area contributed by atoms with E-state index in [1.165, 1.54) is 70.6 Å². The highest BCUT2D eigenvalue weighted by Crippen LogP contribution is 2.51. The second-order valence-electron chi connectivity index (χ2n) is 9.26. The largest absolute Gasteiger partial charge is 0.497 e. The summed E-state index contributed by atoms with van der Waals surface area (Å²) in [6.07, 6.45) is 0. The van der Waals surface area contributed by atoms with Crippen LogP contribution in [0.25, 0.3) is 70.6 Å². The van der Waals surface area contributed by atoms with E-state index in [1.54, 1.807) is 14.2 Å². The minimum absolute atomic E-state index is 0.888. The number of hydrogen-bond acceptors (Lipinski definition) is 6. The number of ether oxygens (including phenoxy) is 2. The third kappa shape index (κ3) is 3.34. The molecule has 0 saturated heterocycles. The molecule has 6 heteroatoms. The summed E-state index contributed by atoms with van der Waals surface area (Å²) in [5, 5.41) is 5.39. The van der Waals surface area contributed by atoms with Gasteiger partial charge in [-0.05, 0) is 82.6 Å². The lowest BCUT2D eigenvalue weighted by atomic mass is 10.1. The summed E-state index contributed by atoms with van der Waals surface area (Å²) < 4.78 is 19.1. The molecule has 2 nitrogen and oxygen atoms in total. The summed E-state index contributed by atoms with van der Waals surface area (Å²) in [7, 11) is 3.42. The summed E-state index contributed by atoms with van der Waals surface area (Å²) in [4.78, 5) is 2.59. The molecule has 4 aromatic carbocycles. The van der Waals surface area contributed by atoms with E-state index in [1.807, 2.05) is 69.6 Å². The van der Waals surface area contributed by atoms with Gasteiger partial charge in [0.15, 0.2) is 0 Å². The molecule has 0 spiro atoms. The van der Waals surface area contributed by atoms with E-state index >= 15 is 0 Å². The van der Waals surface area contributed by atoms with Crippen LogP contribution in [0.5, 0.6) is 11.5 Å². The van der Waals surface area contributed by atoms with Crippen LogP contribution in [0.15, 0.2) is 84.9 Å². The summed E-state index contributed by atoms with van der Waals surface area (Å²) in [6, 6.07) is 30.6. The van der Waals surface area contributed by atoms with Gasteiger partial charge in [0, 0.05) is 20.5 Å². The number of methoxy groups -OCH3 is 2. The van der Waals surface area contributed by atoms with Gasteiger partial charge in [-0.25, -0.2) is 0 Å². The second-order valence-corrected chi connectivity index (χ2v) is 13.4. The Kier molecular flexibility index (Phi) is 5.07. The van der Waals surface area contributed by atoms with Gasteiger partial charge in [0.2, 0.25) is 0 Å². The molecule has 38 heavy (non-hydrogen) atoms. The number of fused-ring (bicyclic) bond motifs is 9. The first-order valence-corrected chi connectivity index (χ1v) is 15.5. The van der Waals surface area contributed by atoms with Crippen LogP contribution >= 0.6 is 45.3 Å². The molecule has 0 N–H and O–H groups in total. The maximum absolute atomic E-state index is 5.34. The molecular formula is C32H20O2S4. The zero-order valence-corrected chi connectivity index (χ0v) is 23.8. The van der Waals surface area contributed by atoms with Gasteiger partial charge in [-0.3, -0.25) is 0 Å². The van der Waals surface area contributed by atoms with Crippen molar-refractivity contribution in [1.29, 1.82) is 0 Å². The molecular weight excluding hydrogens is 545 g/mol. The fraction of sp³-hybridized carbons (Fsp3) is 0.0625. The number of rotatable bonds is 4. The second kappa shape index (κ2) is 8.55. The predicted octanol–water partition coefficient (Wildman–Crippen LogP) is 11.0. The summed E-state index contributed by atoms with van der Waals surface area (Å²) in [6.45, 7) is 0. The Morgan fingerprint density at radius 3 is 1.21 bits per heavy atom. The molecule has 4 heterocycles. The zero-order valence-electron chi connectivity index (χ0n) is 20.5. The van der Waals surface area contributed by atoms with Crippen molar-refractivity contribution in [3.8, 4) is 32.4 Å². The van der Waals surface area contributed by atoms with Gasteiger partial charge in [-0.15, -0.1) is 45.3 Å². The Labute approximate surface area is 234 Å². The SMILES string of the molecule is COc1ccc(-c2cc3ccc4c(sc5c6ccc7cc(-c8ccc(OC)cc8)sc7c6sc45)c3s2)cc1. The smallest absolute Gasteiger partial charge is 0.118 e. The van der Waals surface area contributed by atoms with Gasteiger partial charge in [0.1, 0.15) is 11.5 Å². The molecule has 0 fully saturated rings. The molecule has 0 bridgehead atoms. The van der Waals surface area contributed by atoms with Crippen molar-refractivity contribution in [3.63, 3.8) is 0 Å². The zero-order chi connectivity index (χ0) is 25.4. The Morgan fingerprint density at radius 2 is 0.816 bits per heavy atom. The van der Waals surface area contributed by atoms with E-state index in [4.69, 9.17) is 9.47 Å². The van der Waals surface area contributed by atoms with E-state index in [0.717, 1.165) is 11.5 Å². The van der Waals surface area contributed by atoms with Crippen LogP contribution in [0, 0.1) is 0 Å². The third-order valence-electron chi connectivity index (χ3n) is 7.14. The molecule has 0 aliphatic heterocycles. The van der Waals surface area contributed by atoms with E-state index in [-0.39, 0.29) is 0 Å². The van der Waals surface area contributed by atoms with E-state index < -0.39 is 0 Å². The highest BCUT2D eigenvalue weighted by molar-refractivity contribution is 7.40. The molecule has 0 radical (unpaired) electrons. The lowest BCUT2D eigenvalue weighted by Gasteiger charge is -2.00. The normalized spacial score (nSPS) is 11.9. The summed E-state index contributed by atoms with van der Waals surface area (Å²) >= 11 is 7.68. The number of thiophene rings is 4. The van der Waals surface area contributed by atoms with Gasteiger partial charge in [0.05, 0.1) is 42.4 Å².